The average Bonchev–Trinajstić information content (AvgIpc) is 3.08. The molecule has 0 aromatic heterocycles. The zero-order valence-corrected chi connectivity index (χ0v) is 28.7. The van der Waals surface area contributed by atoms with Gasteiger partial charge in [0.15, 0.2) is 10.5 Å². The Morgan fingerprint density at radius 1 is 0.918 bits per heavy atom. The number of rotatable bonds is 20. The number of amides is 1. The van der Waals surface area contributed by atoms with E-state index in [0.717, 1.165) is 79.3 Å². The first kappa shape index (κ1) is 37.1. The van der Waals surface area contributed by atoms with E-state index in [0.29, 0.717) is 42.3 Å². The molecule has 0 radical (unpaired) electrons. The summed E-state index contributed by atoms with van der Waals surface area (Å²) >= 11 is 5.49. The predicted octanol–water partition coefficient (Wildman–Crippen LogP) is 7.09. The summed E-state index contributed by atoms with van der Waals surface area (Å²) in [7, 11) is 0. The molecule has 260 valence electrons. The number of nitrogens with one attached hydrogen (secondary N) is 3. The maximum absolute atomic E-state index is 12.4. The Morgan fingerprint density at radius 2 is 1.67 bits per heavy atom. The van der Waals surface area contributed by atoms with Gasteiger partial charge in [-0.05, 0) is 79.9 Å². The van der Waals surface area contributed by atoms with Crippen molar-refractivity contribution >= 4 is 52.1 Å². The predicted molar refractivity (Wildman–Crippen MR) is 196 cm³/mol. The van der Waals surface area contributed by atoms with Gasteiger partial charge in [-0.25, -0.2) is 0 Å². The number of Topliss-reactive ketones (excluding diaryl/α,β-unsaturated/α-hetero) is 1. The van der Waals surface area contributed by atoms with Gasteiger partial charge in [0.1, 0.15) is 29.0 Å². The molecule has 1 aliphatic carbocycles. The minimum absolute atomic E-state index is 0.0449. The van der Waals surface area contributed by atoms with Gasteiger partial charge in [-0.15, -0.1) is 0 Å². The molecule has 1 amide bonds. The Labute approximate surface area is 292 Å². The van der Waals surface area contributed by atoms with E-state index in [1.807, 2.05) is 30.3 Å². The highest BCUT2D eigenvalue weighted by Gasteiger charge is 2.18. The van der Waals surface area contributed by atoms with E-state index in [4.69, 9.17) is 21.4 Å². The van der Waals surface area contributed by atoms with Gasteiger partial charge in [0.2, 0.25) is 5.91 Å². The third-order valence-corrected chi connectivity index (χ3v) is 8.52. The van der Waals surface area contributed by atoms with Crippen LogP contribution in [0.25, 0.3) is 33.4 Å². The second-order valence-electron chi connectivity index (χ2n) is 12.1. The fraction of sp³-hybridized carbons (Fsp3) is 0.395. The summed E-state index contributed by atoms with van der Waals surface area (Å²) in [6.45, 7) is 3.76. The monoisotopic (exact) mass is 687 g/mol. The van der Waals surface area contributed by atoms with Crippen LogP contribution in [0.15, 0.2) is 69.9 Å². The Hall–Kier alpha value is -4.77. The molecule has 1 atom stereocenters. The first-order valence-electron chi connectivity index (χ1n) is 17.0. The van der Waals surface area contributed by atoms with E-state index < -0.39 is 6.10 Å². The van der Waals surface area contributed by atoms with E-state index in [2.05, 4.69) is 22.9 Å². The number of hydrogen-bond acceptors (Lipinski definition) is 8. The maximum Gasteiger partial charge on any atom is 0.293 e. The van der Waals surface area contributed by atoms with Gasteiger partial charge < -0.3 is 30.2 Å². The topological polar surface area (TPSA) is 147 Å². The minimum atomic E-state index is -0.561. The summed E-state index contributed by atoms with van der Waals surface area (Å²) in [6, 6.07) is 17.5. The number of aromatic hydroxyl groups is 1. The SMILES string of the molecule is CCCCNC(=O)CC[C@H](CC(=O)CCCCCCCNC(=S)Nc1ccc(-c2c3ccc(=O)cc-3oc3cc(O)ccc23)cc1)OC=O. The van der Waals surface area contributed by atoms with Crippen molar-refractivity contribution in [1.82, 2.24) is 10.6 Å². The molecule has 1 aliphatic heterocycles. The van der Waals surface area contributed by atoms with Gasteiger partial charge in [-0.3, -0.25) is 19.2 Å². The zero-order chi connectivity index (χ0) is 35.0. The normalized spacial score (nSPS) is 11.6. The van der Waals surface area contributed by atoms with Crippen LogP contribution in [0.2, 0.25) is 0 Å². The number of benzene rings is 3. The quantitative estimate of drug-likeness (QED) is 0.0329. The van der Waals surface area contributed by atoms with Crippen LogP contribution in [0.4, 0.5) is 5.69 Å². The molecule has 4 N–H and O–H groups in total. The van der Waals surface area contributed by atoms with Crippen LogP contribution >= 0.6 is 12.2 Å². The molecular weight excluding hydrogens is 642 g/mol. The van der Waals surface area contributed by atoms with Gasteiger partial charge in [0.25, 0.3) is 6.47 Å². The highest BCUT2D eigenvalue weighted by atomic mass is 32.1. The molecule has 2 aromatic carbocycles. The molecule has 10 nitrogen and oxygen atoms in total. The largest absolute Gasteiger partial charge is 0.508 e. The molecule has 0 saturated heterocycles. The van der Waals surface area contributed by atoms with Gasteiger partial charge in [0.05, 0.1) is 0 Å². The molecule has 0 fully saturated rings. The second-order valence-corrected chi connectivity index (χ2v) is 12.5. The van der Waals surface area contributed by atoms with Crippen LogP contribution in [0.3, 0.4) is 0 Å². The number of fused-ring (bicyclic) bond motifs is 2. The van der Waals surface area contributed by atoms with Crippen molar-refractivity contribution in [2.45, 2.75) is 83.7 Å². The van der Waals surface area contributed by atoms with Gasteiger partial charge in [0, 0.05) is 66.7 Å². The summed E-state index contributed by atoms with van der Waals surface area (Å²) in [4.78, 5) is 47.2. The number of thiocarbonyl (C=S) groups is 1. The number of phenolic OH excluding ortho intramolecular Hbond substituents is 1. The van der Waals surface area contributed by atoms with Crippen LogP contribution in [0, 0.1) is 0 Å². The lowest BCUT2D eigenvalue weighted by Crippen LogP contribution is -2.29. The van der Waals surface area contributed by atoms with Gasteiger partial charge in [-0.1, -0.05) is 44.7 Å². The van der Waals surface area contributed by atoms with Crippen LogP contribution in [0.1, 0.15) is 77.6 Å². The number of hydrogen-bond donors (Lipinski definition) is 4. The van der Waals surface area contributed by atoms with E-state index in [9.17, 15) is 24.3 Å². The zero-order valence-electron chi connectivity index (χ0n) is 27.9. The van der Waals surface area contributed by atoms with Crippen molar-refractivity contribution < 1.29 is 28.6 Å². The summed E-state index contributed by atoms with van der Waals surface area (Å²) in [5, 5.41) is 20.6. The molecule has 2 aliphatic rings. The van der Waals surface area contributed by atoms with Crippen molar-refractivity contribution in [2.75, 3.05) is 18.4 Å². The maximum atomic E-state index is 12.4. The number of anilines is 1. The molecule has 0 bridgehead atoms. The number of ketones is 1. The molecule has 0 saturated carbocycles. The summed E-state index contributed by atoms with van der Waals surface area (Å²) in [6.07, 6.45) is 7.14. The molecule has 0 spiro atoms. The number of carbonyl (C=O) groups is 3. The van der Waals surface area contributed by atoms with Crippen LogP contribution in [-0.2, 0) is 19.1 Å². The number of ether oxygens (including phenoxy) is 1. The fourth-order valence-corrected chi connectivity index (χ4v) is 5.90. The second kappa shape index (κ2) is 19.3. The van der Waals surface area contributed by atoms with Crippen molar-refractivity contribution in [2.24, 2.45) is 0 Å². The minimum Gasteiger partial charge on any atom is -0.508 e. The molecule has 0 unspecified atom stereocenters. The highest BCUT2D eigenvalue weighted by molar-refractivity contribution is 7.80. The van der Waals surface area contributed by atoms with Crippen LogP contribution < -0.4 is 21.4 Å². The molecule has 49 heavy (non-hydrogen) atoms. The Morgan fingerprint density at radius 3 is 2.45 bits per heavy atom. The molecule has 11 heteroatoms. The fourth-order valence-electron chi connectivity index (χ4n) is 5.68. The van der Waals surface area contributed by atoms with Gasteiger partial charge in [-0.2, -0.15) is 0 Å². The van der Waals surface area contributed by atoms with Crippen molar-refractivity contribution in [3.05, 3.63) is 70.9 Å². The smallest absolute Gasteiger partial charge is 0.293 e. The van der Waals surface area contributed by atoms with Crippen LogP contribution in [0.5, 0.6) is 5.75 Å². The van der Waals surface area contributed by atoms with Crippen molar-refractivity contribution in [3.8, 4) is 28.2 Å². The Kier molecular flexibility index (Phi) is 14.6. The number of carbonyl (C=O) groups excluding carboxylic acids is 3. The lowest BCUT2D eigenvalue weighted by atomic mass is 9.93. The van der Waals surface area contributed by atoms with E-state index in [1.165, 1.54) is 12.1 Å². The first-order valence-corrected chi connectivity index (χ1v) is 17.4. The third-order valence-electron chi connectivity index (χ3n) is 8.28. The molecule has 1 heterocycles. The molecule has 2 aromatic rings. The summed E-state index contributed by atoms with van der Waals surface area (Å²) in [5.74, 6) is 0.490. The number of unbranched alkanes of at least 4 members (excludes halogenated alkanes) is 5. The van der Waals surface area contributed by atoms with E-state index in [1.54, 1.807) is 18.2 Å². The lowest BCUT2D eigenvalue weighted by Gasteiger charge is -2.16. The van der Waals surface area contributed by atoms with Crippen molar-refractivity contribution in [1.29, 1.82) is 0 Å². The Bertz CT molecular complexity index is 1740. The molecular formula is C38H45N3O7S. The Balaban J connectivity index is 1.14. The molecule has 4 rings (SSSR count). The van der Waals surface area contributed by atoms with E-state index in [-0.39, 0.29) is 35.7 Å². The highest BCUT2D eigenvalue weighted by Crippen LogP contribution is 2.40. The van der Waals surface area contributed by atoms with Crippen LogP contribution in [-0.4, -0.2) is 47.6 Å². The third kappa shape index (κ3) is 11.7. The first-order chi connectivity index (χ1) is 23.8. The lowest BCUT2D eigenvalue weighted by molar-refractivity contribution is -0.137. The summed E-state index contributed by atoms with van der Waals surface area (Å²) < 4.78 is 11.0. The van der Waals surface area contributed by atoms with E-state index >= 15 is 0 Å². The summed E-state index contributed by atoms with van der Waals surface area (Å²) in [5.41, 5.74) is 3.80. The standard InChI is InChI=1S/C38H45N3O7S/c1-2-3-20-39-36(46)19-16-31(47-25-42)22-28(43)9-7-5-4-6-8-21-40-38(49)41-27-12-10-26(11-13-27)37-32-17-14-29(44)23-34(32)48-35-24-30(45)15-18-33(35)37/h10-15,17-18,23-25,31,44H,2-9,16,19-22H2,1H3,(H,39,46)(H2,40,41,49)/t31-/m1/s1. The van der Waals surface area contributed by atoms with Crippen molar-refractivity contribution in [3.63, 3.8) is 0 Å². The van der Waals surface area contributed by atoms with Gasteiger partial charge >= 0.3 is 0 Å². The average molecular weight is 688 g/mol. The number of phenols is 1.